The second-order valence-electron chi connectivity index (χ2n) is 3.98. The number of benzene rings is 1. The summed E-state index contributed by atoms with van der Waals surface area (Å²) < 4.78 is 0. The van der Waals surface area contributed by atoms with Crippen molar-refractivity contribution in [1.82, 2.24) is 4.90 Å². The molecule has 0 radical (unpaired) electrons. The topological polar surface area (TPSA) is 20.3 Å². The summed E-state index contributed by atoms with van der Waals surface area (Å²) in [6, 6.07) is 6.30. The van der Waals surface area contributed by atoms with Crippen molar-refractivity contribution in [1.29, 1.82) is 0 Å². The Morgan fingerprint density at radius 3 is 2.80 bits per heavy atom. The summed E-state index contributed by atoms with van der Waals surface area (Å²) in [4.78, 5) is 14.0. The second-order valence-corrected chi connectivity index (χ2v) is 3.98. The molecule has 2 nitrogen and oxygen atoms in total. The molecule has 1 aliphatic heterocycles. The van der Waals surface area contributed by atoms with Crippen LogP contribution in [0.15, 0.2) is 18.2 Å². The van der Waals surface area contributed by atoms with Gasteiger partial charge in [0.05, 0.1) is 0 Å². The van der Waals surface area contributed by atoms with Gasteiger partial charge in [-0.1, -0.05) is 19.1 Å². The van der Waals surface area contributed by atoms with Crippen LogP contribution in [0, 0.1) is 0 Å². The normalized spacial score (nSPS) is 15.3. The number of rotatable bonds is 2. The Hall–Kier alpha value is -1.31. The fraction of sp³-hybridized carbons (Fsp3) is 0.462. The predicted molar refractivity (Wildman–Crippen MR) is 61.1 cm³/mol. The van der Waals surface area contributed by atoms with Gasteiger partial charge in [0.1, 0.15) is 0 Å². The highest BCUT2D eigenvalue weighted by atomic mass is 16.2. The SMILES string of the molecule is CCc1ccc2c(c1)C(=O)N(CC)CC2. The van der Waals surface area contributed by atoms with E-state index in [1.165, 1.54) is 11.1 Å². The van der Waals surface area contributed by atoms with E-state index in [0.29, 0.717) is 0 Å². The number of fused-ring (bicyclic) bond motifs is 1. The van der Waals surface area contributed by atoms with Gasteiger partial charge >= 0.3 is 0 Å². The third-order valence-corrected chi connectivity index (χ3v) is 3.13. The Balaban J connectivity index is 2.40. The van der Waals surface area contributed by atoms with Crippen LogP contribution in [0.4, 0.5) is 0 Å². The fourth-order valence-electron chi connectivity index (χ4n) is 2.09. The number of carbonyl (C=O) groups is 1. The van der Waals surface area contributed by atoms with E-state index in [4.69, 9.17) is 0 Å². The predicted octanol–water partition coefficient (Wildman–Crippen LogP) is 2.27. The van der Waals surface area contributed by atoms with Crippen LogP contribution in [0.3, 0.4) is 0 Å². The van der Waals surface area contributed by atoms with Crippen molar-refractivity contribution < 1.29 is 4.79 Å². The molecule has 0 N–H and O–H groups in total. The first-order chi connectivity index (χ1) is 7.26. The van der Waals surface area contributed by atoms with Crippen LogP contribution in [-0.2, 0) is 12.8 Å². The van der Waals surface area contributed by atoms with Crippen molar-refractivity contribution in [2.75, 3.05) is 13.1 Å². The van der Waals surface area contributed by atoms with E-state index in [0.717, 1.165) is 31.5 Å². The monoisotopic (exact) mass is 203 g/mol. The minimum atomic E-state index is 0.203. The van der Waals surface area contributed by atoms with Crippen LogP contribution in [0.5, 0.6) is 0 Å². The zero-order chi connectivity index (χ0) is 10.8. The molecule has 0 bridgehead atoms. The zero-order valence-electron chi connectivity index (χ0n) is 9.42. The third kappa shape index (κ3) is 1.76. The minimum Gasteiger partial charge on any atom is -0.339 e. The summed E-state index contributed by atoms with van der Waals surface area (Å²) in [5, 5.41) is 0. The molecule has 0 fully saturated rings. The van der Waals surface area contributed by atoms with Gasteiger partial charge in [-0.2, -0.15) is 0 Å². The number of amides is 1. The Kier molecular flexibility index (Phi) is 2.76. The molecule has 1 amide bonds. The molecular weight excluding hydrogens is 186 g/mol. The summed E-state index contributed by atoms with van der Waals surface area (Å²) in [5.41, 5.74) is 3.38. The summed E-state index contributed by atoms with van der Waals surface area (Å²) in [6.45, 7) is 5.83. The van der Waals surface area contributed by atoms with Crippen LogP contribution in [0.2, 0.25) is 0 Å². The number of hydrogen-bond donors (Lipinski definition) is 0. The largest absolute Gasteiger partial charge is 0.339 e. The van der Waals surface area contributed by atoms with E-state index in [1.54, 1.807) is 0 Å². The molecule has 0 spiro atoms. The van der Waals surface area contributed by atoms with Crippen LogP contribution in [0.25, 0.3) is 0 Å². The van der Waals surface area contributed by atoms with E-state index in [2.05, 4.69) is 25.1 Å². The van der Waals surface area contributed by atoms with Gasteiger partial charge in [-0.15, -0.1) is 0 Å². The van der Waals surface area contributed by atoms with Gasteiger partial charge in [0.2, 0.25) is 0 Å². The molecule has 0 saturated carbocycles. The number of nitrogens with zero attached hydrogens (tertiary/aromatic N) is 1. The molecule has 0 saturated heterocycles. The molecule has 0 unspecified atom stereocenters. The Bertz CT molecular complexity index is 384. The number of carbonyl (C=O) groups excluding carboxylic acids is 1. The molecule has 2 heteroatoms. The molecule has 2 rings (SSSR count). The second kappa shape index (κ2) is 4.05. The minimum absolute atomic E-state index is 0.203. The quantitative estimate of drug-likeness (QED) is 0.722. The highest BCUT2D eigenvalue weighted by molar-refractivity contribution is 5.96. The third-order valence-electron chi connectivity index (χ3n) is 3.13. The highest BCUT2D eigenvalue weighted by Crippen LogP contribution is 2.20. The van der Waals surface area contributed by atoms with Gasteiger partial charge in [-0.3, -0.25) is 4.79 Å². The molecule has 0 aliphatic carbocycles. The van der Waals surface area contributed by atoms with Gasteiger partial charge in [0, 0.05) is 18.7 Å². The highest BCUT2D eigenvalue weighted by Gasteiger charge is 2.22. The van der Waals surface area contributed by atoms with E-state index in [9.17, 15) is 4.79 Å². The first-order valence-electron chi connectivity index (χ1n) is 5.67. The standard InChI is InChI=1S/C13H17NO/c1-3-10-5-6-11-7-8-14(4-2)13(15)12(11)9-10/h5-6,9H,3-4,7-8H2,1-2H3. The number of likely N-dealkylation sites (N-methyl/N-ethyl adjacent to an activating group) is 1. The van der Waals surface area contributed by atoms with Gasteiger partial charge in [0.15, 0.2) is 0 Å². The lowest BCUT2D eigenvalue weighted by Crippen LogP contribution is -2.37. The van der Waals surface area contributed by atoms with Crippen LogP contribution in [-0.4, -0.2) is 23.9 Å². The van der Waals surface area contributed by atoms with E-state index >= 15 is 0 Å². The first kappa shape index (κ1) is 10.2. The van der Waals surface area contributed by atoms with Crippen molar-refractivity contribution in [3.05, 3.63) is 34.9 Å². The molecule has 0 atom stereocenters. The molecule has 0 aromatic heterocycles. The Labute approximate surface area is 90.9 Å². The molecule has 1 heterocycles. The maximum atomic E-state index is 12.0. The Morgan fingerprint density at radius 2 is 2.13 bits per heavy atom. The first-order valence-corrected chi connectivity index (χ1v) is 5.67. The van der Waals surface area contributed by atoms with Crippen molar-refractivity contribution in [2.24, 2.45) is 0 Å². The van der Waals surface area contributed by atoms with E-state index < -0.39 is 0 Å². The lowest BCUT2D eigenvalue weighted by atomic mass is 9.96. The van der Waals surface area contributed by atoms with E-state index in [-0.39, 0.29) is 5.91 Å². The van der Waals surface area contributed by atoms with Crippen molar-refractivity contribution in [2.45, 2.75) is 26.7 Å². The van der Waals surface area contributed by atoms with Gasteiger partial charge in [-0.25, -0.2) is 0 Å². The number of hydrogen-bond acceptors (Lipinski definition) is 1. The zero-order valence-corrected chi connectivity index (χ0v) is 9.42. The molecule has 1 aliphatic rings. The molecule has 1 aromatic rings. The fourth-order valence-corrected chi connectivity index (χ4v) is 2.09. The average molecular weight is 203 g/mol. The van der Waals surface area contributed by atoms with Gasteiger partial charge in [0.25, 0.3) is 5.91 Å². The molecule has 15 heavy (non-hydrogen) atoms. The maximum absolute atomic E-state index is 12.0. The maximum Gasteiger partial charge on any atom is 0.254 e. The van der Waals surface area contributed by atoms with Gasteiger partial charge in [-0.05, 0) is 37.0 Å². The summed E-state index contributed by atoms with van der Waals surface area (Å²) in [6.07, 6.45) is 1.99. The average Bonchev–Trinajstić information content (AvgIpc) is 2.29. The molecular formula is C13H17NO. The van der Waals surface area contributed by atoms with Crippen molar-refractivity contribution in [3.8, 4) is 0 Å². The molecule has 80 valence electrons. The van der Waals surface area contributed by atoms with Crippen molar-refractivity contribution >= 4 is 5.91 Å². The van der Waals surface area contributed by atoms with Crippen LogP contribution < -0.4 is 0 Å². The summed E-state index contributed by atoms with van der Waals surface area (Å²) in [5.74, 6) is 0.203. The van der Waals surface area contributed by atoms with Crippen molar-refractivity contribution in [3.63, 3.8) is 0 Å². The summed E-state index contributed by atoms with van der Waals surface area (Å²) >= 11 is 0. The molecule has 1 aromatic carbocycles. The number of aryl methyl sites for hydroxylation is 1. The van der Waals surface area contributed by atoms with Crippen LogP contribution >= 0.6 is 0 Å². The lowest BCUT2D eigenvalue weighted by molar-refractivity contribution is 0.0749. The van der Waals surface area contributed by atoms with Crippen LogP contribution in [0.1, 0.15) is 35.3 Å². The Morgan fingerprint density at radius 1 is 1.33 bits per heavy atom. The lowest BCUT2D eigenvalue weighted by Gasteiger charge is -2.27. The smallest absolute Gasteiger partial charge is 0.254 e. The van der Waals surface area contributed by atoms with E-state index in [1.807, 2.05) is 11.8 Å². The summed E-state index contributed by atoms with van der Waals surface area (Å²) in [7, 11) is 0. The van der Waals surface area contributed by atoms with Gasteiger partial charge < -0.3 is 4.90 Å².